The summed E-state index contributed by atoms with van der Waals surface area (Å²) < 4.78 is 0. The fourth-order valence-electron chi connectivity index (χ4n) is 3.21. The molecule has 0 aromatic rings. The van der Waals surface area contributed by atoms with Crippen LogP contribution in [0.2, 0.25) is 0 Å². The number of hydrogen-bond acceptors (Lipinski definition) is 0. The van der Waals surface area contributed by atoms with Crippen molar-refractivity contribution >= 4 is 0 Å². The van der Waals surface area contributed by atoms with E-state index in [4.69, 9.17) is 0 Å². The average molecular weight is 166 g/mol. The van der Waals surface area contributed by atoms with Crippen LogP contribution in [0.5, 0.6) is 0 Å². The molecule has 0 spiro atoms. The van der Waals surface area contributed by atoms with Gasteiger partial charge in [0.25, 0.3) is 0 Å². The Hall–Kier alpha value is 0. The van der Waals surface area contributed by atoms with Crippen LogP contribution < -0.4 is 0 Å². The highest BCUT2D eigenvalue weighted by Crippen LogP contribution is 2.37. The Bertz CT molecular complexity index is 100. The lowest BCUT2D eigenvalue weighted by Crippen LogP contribution is -2.11. The summed E-state index contributed by atoms with van der Waals surface area (Å²) in [5.74, 6) is 2.27. The second-order valence-electron chi connectivity index (χ2n) is 4.80. The third-order valence-corrected chi connectivity index (χ3v) is 3.97. The molecule has 0 N–H and O–H groups in total. The summed E-state index contributed by atoms with van der Waals surface area (Å²) in [4.78, 5) is 0. The third-order valence-electron chi connectivity index (χ3n) is 3.97. The Morgan fingerprint density at radius 3 is 1.08 bits per heavy atom. The van der Waals surface area contributed by atoms with Crippen molar-refractivity contribution in [2.75, 3.05) is 0 Å². The summed E-state index contributed by atoms with van der Waals surface area (Å²) in [6.07, 6.45) is 15.4. The molecule has 0 heterocycles. The lowest BCUT2D eigenvalue weighted by Gasteiger charge is -2.21. The van der Waals surface area contributed by atoms with Gasteiger partial charge in [-0.15, -0.1) is 0 Å². The maximum absolute atomic E-state index is 1.56. The second-order valence-corrected chi connectivity index (χ2v) is 4.80. The van der Waals surface area contributed by atoms with Crippen LogP contribution in [0, 0.1) is 11.8 Å². The predicted molar refractivity (Wildman–Crippen MR) is 53.2 cm³/mol. The Kier molecular flexibility index (Phi) is 3.08. The quantitative estimate of drug-likeness (QED) is 0.507. The van der Waals surface area contributed by atoms with Crippen LogP contribution in [0.3, 0.4) is 0 Å². The van der Waals surface area contributed by atoms with Gasteiger partial charge in [-0.1, -0.05) is 64.2 Å². The van der Waals surface area contributed by atoms with Crippen LogP contribution >= 0.6 is 0 Å². The molecule has 0 nitrogen and oxygen atoms in total. The Labute approximate surface area is 76.7 Å². The maximum Gasteiger partial charge on any atom is -0.0386 e. The molecular formula is C12H22. The zero-order valence-corrected chi connectivity index (χ0v) is 8.23. The van der Waals surface area contributed by atoms with E-state index < -0.39 is 0 Å². The molecule has 0 amide bonds. The van der Waals surface area contributed by atoms with Crippen molar-refractivity contribution in [2.24, 2.45) is 11.8 Å². The normalized spacial score (nSPS) is 38.0. The molecule has 0 heteroatoms. The van der Waals surface area contributed by atoms with E-state index in [0.717, 1.165) is 11.8 Å². The predicted octanol–water partition coefficient (Wildman–Crippen LogP) is 4.15. The summed E-state index contributed by atoms with van der Waals surface area (Å²) in [5, 5.41) is 0. The van der Waals surface area contributed by atoms with Gasteiger partial charge in [-0.25, -0.2) is 0 Å². The van der Waals surface area contributed by atoms with E-state index in [0.29, 0.717) is 0 Å². The van der Waals surface area contributed by atoms with Crippen LogP contribution in [0.1, 0.15) is 64.2 Å². The first kappa shape index (κ1) is 8.59. The minimum atomic E-state index is 1.13. The van der Waals surface area contributed by atoms with Crippen LogP contribution in [-0.2, 0) is 0 Å². The first-order valence-corrected chi connectivity index (χ1v) is 5.97. The first-order chi connectivity index (χ1) is 5.97. The summed E-state index contributed by atoms with van der Waals surface area (Å²) in [5.41, 5.74) is 0. The minimum absolute atomic E-state index is 1.13. The highest BCUT2D eigenvalue weighted by Gasteiger charge is 2.24. The molecule has 2 rings (SSSR count). The number of hydrogen-bond donors (Lipinski definition) is 0. The Balaban J connectivity index is 1.94. The molecule has 0 saturated heterocycles. The average Bonchev–Trinajstić information content (AvgIpc) is 2.38. The number of rotatable bonds is 0. The molecule has 2 aliphatic carbocycles. The molecule has 0 aromatic carbocycles. The second kappa shape index (κ2) is 4.30. The van der Waals surface area contributed by atoms with E-state index in [9.17, 15) is 0 Å². The first-order valence-electron chi connectivity index (χ1n) is 5.97. The monoisotopic (exact) mass is 166 g/mol. The van der Waals surface area contributed by atoms with E-state index in [2.05, 4.69) is 0 Å². The van der Waals surface area contributed by atoms with Crippen molar-refractivity contribution in [3.05, 3.63) is 0 Å². The van der Waals surface area contributed by atoms with Gasteiger partial charge in [0.1, 0.15) is 0 Å². The zero-order valence-electron chi connectivity index (χ0n) is 8.23. The van der Waals surface area contributed by atoms with Gasteiger partial charge in [0.05, 0.1) is 0 Å². The molecule has 0 unspecified atom stereocenters. The Morgan fingerprint density at radius 2 is 0.750 bits per heavy atom. The fourth-order valence-corrected chi connectivity index (χ4v) is 3.21. The molecule has 0 bridgehead atoms. The minimum Gasteiger partial charge on any atom is -0.0533 e. The molecule has 0 radical (unpaired) electrons. The summed E-state index contributed by atoms with van der Waals surface area (Å²) >= 11 is 0. The van der Waals surface area contributed by atoms with Gasteiger partial charge in [0, 0.05) is 0 Å². The topological polar surface area (TPSA) is 0 Å². The van der Waals surface area contributed by atoms with Crippen molar-refractivity contribution < 1.29 is 0 Å². The van der Waals surface area contributed by atoms with Gasteiger partial charge in [0.2, 0.25) is 0 Å². The molecule has 2 aliphatic rings. The molecule has 0 aromatic heterocycles. The van der Waals surface area contributed by atoms with E-state index in [1.807, 2.05) is 0 Å². The highest BCUT2D eigenvalue weighted by atomic mass is 14.3. The van der Waals surface area contributed by atoms with Gasteiger partial charge in [0.15, 0.2) is 0 Å². The largest absolute Gasteiger partial charge is 0.0533 e. The summed E-state index contributed by atoms with van der Waals surface area (Å²) in [6, 6.07) is 0. The van der Waals surface area contributed by atoms with E-state index in [-0.39, 0.29) is 0 Å². The van der Waals surface area contributed by atoms with Crippen LogP contribution in [0.15, 0.2) is 0 Å². The van der Waals surface area contributed by atoms with E-state index in [1.54, 1.807) is 25.7 Å². The molecule has 0 aliphatic heterocycles. The standard InChI is InChI=1S/C12H22/c1-3-7-11-9-5-2-6-10-12(11)8-4-1/h11-12H,1-10H2. The molecule has 70 valence electrons. The van der Waals surface area contributed by atoms with Crippen LogP contribution in [-0.4, -0.2) is 0 Å². The van der Waals surface area contributed by atoms with Crippen molar-refractivity contribution in [1.82, 2.24) is 0 Å². The lowest BCUT2D eigenvalue weighted by molar-refractivity contribution is 0.295. The Morgan fingerprint density at radius 1 is 0.417 bits per heavy atom. The van der Waals surface area contributed by atoms with Crippen molar-refractivity contribution in [2.45, 2.75) is 64.2 Å². The molecule has 2 saturated carbocycles. The van der Waals surface area contributed by atoms with Gasteiger partial charge in [-0.2, -0.15) is 0 Å². The van der Waals surface area contributed by atoms with Gasteiger partial charge in [-0.05, 0) is 11.8 Å². The SMILES string of the molecule is C1CCC2CCCCCC2CC1. The van der Waals surface area contributed by atoms with Gasteiger partial charge < -0.3 is 0 Å². The summed E-state index contributed by atoms with van der Waals surface area (Å²) in [6.45, 7) is 0. The zero-order chi connectivity index (χ0) is 8.23. The van der Waals surface area contributed by atoms with Gasteiger partial charge in [-0.3, -0.25) is 0 Å². The van der Waals surface area contributed by atoms with Crippen molar-refractivity contribution in [3.8, 4) is 0 Å². The maximum atomic E-state index is 1.56. The smallest absolute Gasteiger partial charge is 0.0386 e. The molecule has 2 fully saturated rings. The van der Waals surface area contributed by atoms with E-state index in [1.165, 1.54) is 38.5 Å². The van der Waals surface area contributed by atoms with Crippen molar-refractivity contribution in [3.63, 3.8) is 0 Å². The molecule has 12 heavy (non-hydrogen) atoms. The lowest BCUT2D eigenvalue weighted by atomic mass is 9.84. The third kappa shape index (κ3) is 2.02. The highest BCUT2D eigenvalue weighted by molar-refractivity contribution is 4.76. The summed E-state index contributed by atoms with van der Waals surface area (Å²) in [7, 11) is 0. The fraction of sp³-hybridized carbons (Fsp3) is 1.00. The van der Waals surface area contributed by atoms with Crippen molar-refractivity contribution in [1.29, 1.82) is 0 Å². The number of fused-ring (bicyclic) bond motifs is 1. The molecule has 0 atom stereocenters. The van der Waals surface area contributed by atoms with Crippen LogP contribution in [0.4, 0.5) is 0 Å². The van der Waals surface area contributed by atoms with Crippen LogP contribution in [0.25, 0.3) is 0 Å². The van der Waals surface area contributed by atoms with Gasteiger partial charge >= 0.3 is 0 Å². The molecular weight excluding hydrogens is 144 g/mol. The van der Waals surface area contributed by atoms with E-state index >= 15 is 0 Å².